The third-order valence-corrected chi connectivity index (χ3v) is 7.62. The molecule has 0 atom stereocenters. The molecule has 204 valence electrons. The number of aromatic nitrogens is 2. The van der Waals surface area contributed by atoms with Gasteiger partial charge in [-0.2, -0.15) is 0 Å². The van der Waals surface area contributed by atoms with Crippen LogP contribution in [-0.4, -0.2) is 37.2 Å². The first-order valence-corrected chi connectivity index (χ1v) is 13.6. The lowest BCUT2D eigenvalue weighted by molar-refractivity contribution is -0.111. The Labute approximate surface area is 238 Å². The third-order valence-electron chi connectivity index (χ3n) is 5.64. The number of anilines is 4. The number of nitrogens with one attached hydrogen (secondary N) is 2. The fourth-order valence-electron chi connectivity index (χ4n) is 3.81. The molecular formula is C28H25N5O5S2. The number of benzene rings is 2. The summed E-state index contributed by atoms with van der Waals surface area (Å²) in [6.45, 7) is 0. The van der Waals surface area contributed by atoms with Crippen molar-refractivity contribution in [3.05, 3.63) is 72.0 Å². The molecule has 12 heteroatoms. The highest BCUT2D eigenvalue weighted by Crippen LogP contribution is 2.43. The maximum Gasteiger partial charge on any atom is 0.248 e. The summed E-state index contributed by atoms with van der Waals surface area (Å²) in [5.74, 6) is 2.24. The molecule has 5 rings (SSSR count). The van der Waals surface area contributed by atoms with Gasteiger partial charge in [0.25, 0.3) is 0 Å². The molecule has 0 fully saturated rings. The normalized spacial score (nSPS) is 11.0. The van der Waals surface area contributed by atoms with Gasteiger partial charge in [-0.3, -0.25) is 4.79 Å². The first-order valence-electron chi connectivity index (χ1n) is 11.9. The van der Waals surface area contributed by atoms with Crippen molar-refractivity contribution in [2.24, 2.45) is 0 Å². The van der Waals surface area contributed by atoms with E-state index in [9.17, 15) is 4.79 Å². The molecule has 0 saturated carbocycles. The topological polar surface area (TPSA) is 134 Å². The molecule has 5 aromatic rings. The van der Waals surface area contributed by atoms with E-state index in [1.54, 1.807) is 57.9 Å². The maximum absolute atomic E-state index is 12.3. The number of nitrogen functional groups attached to an aromatic ring is 1. The van der Waals surface area contributed by atoms with Crippen molar-refractivity contribution in [2.75, 3.05) is 37.7 Å². The number of rotatable bonds is 10. The number of carbonyl (C=O) groups is 1. The van der Waals surface area contributed by atoms with Crippen LogP contribution in [-0.2, 0) is 4.79 Å². The molecule has 0 unspecified atom stereocenters. The number of furan rings is 1. The van der Waals surface area contributed by atoms with Crippen LogP contribution in [0.1, 0.15) is 5.76 Å². The van der Waals surface area contributed by atoms with Crippen molar-refractivity contribution in [3.63, 3.8) is 0 Å². The number of carbonyl (C=O) groups excluding carboxylic acids is 1. The predicted molar refractivity (Wildman–Crippen MR) is 159 cm³/mol. The van der Waals surface area contributed by atoms with E-state index in [1.807, 2.05) is 29.6 Å². The van der Waals surface area contributed by atoms with Gasteiger partial charge in [0.2, 0.25) is 11.7 Å². The molecule has 0 saturated heterocycles. The molecule has 2 aromatic carbocycles. The second kappa shape index (κ2) is 11.9. The largest absolute Gasteiger partial charge is 0.493 e. The van der Waals surface area contributed by atoms with Crippen LogP contribution in [0.3, 0.4) is 0 Å². The molecule has 0 spiro atoms. The van der Waals surface area contributed by atoms with Gasteiger partial charge < -0.3 is 35.0 Å². The standard InChI is InChI=1S/C28H25N5O5S2/c1-35-21-13-18(14-22(36-2)24(21)37-3)31-28-33-26(29)25(40-28)27-32-20(15-39-27)16-6-4-7-17(12-16)30-23(34)10-9-19-8-5-11-38-19/h4-15H,29H2,1-3H3,(H,30,34)(H,31,33)/b10-9+. The molecule has 4 N–H and O–H groups in total. The lowest BCUT2D eigenvalue weighted by Crippen LogP contribution is -2.07. The van der Waals surface area contributed by atoms with Gasteiger partial charge in [0.05, 0.1) is 33.3 Å². The summed E-state index contributed by atoms with van der Waals surface area (Å²) in [6.07, 6.45) is 4.58. The molecule has 0 aliphatic rings. The number of amides is 1. The number of ether oxygens (including phenoxy) is 3. The summed E-state index contributed by atoms with van der Waals surface area (Å²) in [5.41, 5.74) is 9.24. The summed E-state index contributed by atoms with van der Waals surface area (Å²) in [5, 5.41) is 9.38. The molecule has 0 bridgehead atoms. The summed E-state index contributed by atoms with van der Waals surface area (Å²) >= 11 is 2.84. The summed E-state index contributed by atoms with van der Waals surface area (Å²) in [4.78, 5) is 22.3. The average molecular weight is 576 g/mol. The maximum atomic E-state index is 12.3. The number of nitrogens with zero attached hydrogens (tertiary/aromatic N) is 2. The van der Waals surface area contributed by atoms with Gasteiger partial charge in [-0.05, 0) is 30.3 Å². The third kappa shape index (κ3) is 5.92. The molecule has 3 aromatic heterocycles. The zero-order valence-corrected chi connectivity index (χ0v) is 23.4. The Hall–Kier alpha value is -4.81. The number of thiazole rings is 2. The fourth-order valence-corrected chi connectivity index (χ4v) is 5.64. The van der Waals surface area contributed by atoms with E-state index in [-0.39, 0.29) is 5.91 Å². The van der Waals surface area contributed by atoms with Gasteiger partial charge in [-0.1, -0.05) is 23.5 Å². The van der Waals surface area contributed by atoms with Crippen LogP contribution in [0.15, 0.2) is 70.7 Å². The van der Waals surface area contributed by atoms with Gasteiger partial charge in [0.15, 0.2) is 16.6 Å². The number of methoxy groups -OCH3 is 3. The van der Waals surface area contributed by atoms with Crippen LogP contribution in [0, 0.1) is 0 Å². The molecule has 0 aliphatic carbocycles. The predicted octanol–water partition coefficient (Wildman–Crippen LogP) is 6.53. The number of hydrogen-bond donors (Lipinski definition) is 3. The number of hydrogen-bond acceptors (Lipinski definition) is 11. The Kier molecular flexibility index (Phi) is 7.99. The first kappa shape index (κ1) is 26.8. The lowest BCUT2D eigenvalue weighted by Gasteiger charge is -2.14. The monoisotopic (exact) mass is 575 g/mol. The van der Waals surface area contributed by atoms with Crippen LogP contribution in [0.5, 0.6) is 17.2 Å². The zero-order chi connectivity index (χ0) is 28.1. The Morgan fingerprint density at radius 1 is 1.00 bits per heavy atom. The Balaban J connectivity index is 1.32. The zero-order valence-electron chi connectivity index (χ0n) is 21.8. The second-order valence-corrected chi connectivity index (χ2v) is 10.1. The van der Waals surface area contributed by atoms with Crippen molar-refractivity contribution in [3.8, 4) is 38.4 Å². The van der Waals surface area contributed by atoms with E-state index in [4.69, 9.17) is 29.3 Å². The van der Waals surface area contributed by atoms with Crippen molar-refractivity contribution >= 4 is 57.0 Å². The summed E-state index contributed by atoms with van der Waals surface area (Å²) in [7, 11) is 4.67. The van der Waals surface area contributed by atoms with Gasteiger partial charge in [0, 0.05) is 40.5 Å². The molecule has 0 aliphatic heterocycles. The van der Waals surface area contributed by atoms with Crippen LogP contribution >= 0.6 is 22.7 Å². The second-order valence-electron chi connectivity index (χ2n) is 8.23. The quantitative estimate of drug-likeness (QED) is 0.159. The fraction of sp³-hybridized carbons (Fsp3) is 0.107. The van der Waals surface area contributed by atoms with Crippen LogP contribution in [0.4, 0.5) is 22.3 Å². The van der Waals surface area contributed by atoms with Crippen molar-refractivity contribution in [1.29, 1.82) is 0 Å². The van der Waals surface area contributed by atoms with E-state index >= 15 is 0 Å². The van der Waals surface area contributed by atoms with Gasteiger partial charge in [-0.15, -0.1) is 11.3 Å². The number of nitrogens with two attached hydrogens (primary N) is 1. The minimum Gasteiger partial charge on any atom is -0.493 e. The highest BCUT2D eigenvalue weighted by molar-refractivity contribution is 7.23. The van der Waals surface area contributed by atoms with E-state index in [2.05, 4.69) is 15.6 Å². The highest BCUT2D eigenvalue weighted by Gasteiger charge is 2.18. The van der Waals surface area contributed by atoms with Gasteiger partial charge in [-0.25, -0.2) is 9.97 Å². The average Bonchev–Trinajstić information content (AvgIpc) is 3.73. The van der Waals surface area contributed by atoms with E-state index in [0.29, 0.717) is 45.3 Å². The smallest absolute Gasteiger partial charge is 0.248 e. The Morgan fingerprint density at radius 3 is 2.50 bits per heavy atom. The lowest BCUT2D eigenvalue weighted by atomic mass is 10.1. The van der Waals surface area contributed by atoms with Gasteiger partial charge >= 0.3 is 0 Å². The minimum absolute atomic E-state index is 0.267. The van der Waals surface area contributed by atoms with Gasteiger partial charge in [0.1, 0.15) is 21.5 Å². The van der Waals surface area contributed by atoms with Crippen molar-refractivity contribution in [1.82, 2.24) is 9.97 Å². The summed E-state index contributed by atoms with van der Waals surface area (Å²) < 4.78 is 21.5. The molecular weight excluding hydrogens is 550 g/mol. The minimum atomic E-state index is -0.267. The highest BCUT2D eigenvalue weighted by atomic mass is 32.1. The van der Waals surface area contributed by atoms with Crippen molar-refractivity contribution < 1.29 is 23.4 Å². The molecule has 40 heavy (non-hydrogen) atoms. The molecule has 3 heterocycles. The van der Waals surface area contributed by atoms with E-state index in [1.165, 1.54) is 28.7 Å². The van der Waals surface area contributed by atoms with E-state index < -0.39 is 0 Å². The summed E-state index contributed by atoms with van der Waals surface area (Å²) in [6, 6.07) is 14.6. The molecule has 10 nitrogen and oxygen atoms in total. The van der Waals surface area contributed by atoms with Crippen molar-refractivity contribution in [2.45, 2.75) is 0 Å². The Morgan fingerprint density at radius 2 is 1.80 bits per heavy atom. The van der Waals surface area contributed by atoms with Crippen LogP contribution in [0.25, 0.3) is 27.2 Å². The van der Waals surface area contributed by atoms with E-state index in [0.717, 1.165) is 21.1 Å². The van der Waals surface area contributed by atoms with Crippen LogP contribution < -0.4 is 30.6 Å². The Bertz CT molecular complexity index is 1630. The molecule has 0 radical (unpaired) electrons. The molecule has 1 amide bonds. The SMILES string of the molecule is COc1cc(Nc2nc(N)c(-c3nc(-c4cccc(NC(=O)/C=C/c5ccco5)c4)cs3)s2)cc(OC)c1OC. The first-order chi connectivity index (χ1) is 19.5. The van der Waals surface area contributed by atoms with Crippen LogP contribution in [0.2, 0.25) is 0 Å².